The number of benzene rings is 3. The number of esters is 1. The van der Waals surface area contributed by atoms with Gasteiger partial charge in [0.15, 0.2) is 12.7 Å². The number of fused-ring (bicyclic) bond motifs is 1. The molecule has 0 bridgehead atoms. The summed E-state index contributed by atoms with van der Waals surface area (Å²) in [6.45, 7) is 1.70. The summed E-state index contributed by atoms with van der Waals surface area (Å²) in [7, 11) is 1.74. The number of carbonyl (C=O) groups is 3. The van der Waals surface area contributed by atoms with E-state index in [0.717, 1.165) is 11.1 Å². The van der Waals surface area contributed by atoms with Crippen LogP contribution < -0.4 is 10.1 Å². The van der Waals surface area contributed by atoms with E-state index in [1.54, 1.807) is 28.8 Å². The highest BCUT2D eigenvalue weighted by atomic mass is 32.2. The molecule has 1 aromatic heterocycles. The van der Waals surface area contributed by atoms with Gasteiger partial charge in [-0.05, 0) is 40.6 Å². The topological polar surface area (TPSA) is 129 Å². The molecule has 4 aromatic rings. The van der Waals surface area contributed by atoms with Crippen molar-refractivity contribution in [1.82, 2.24) is 30.4 Å². The lowest BCUT2D eigenvalue weighted by molar-refractivity contribution is -0.166. The summed E-state index contributed by atoms with van der Waals surface area (Å²) in [4.78, 5) is 42.1. The number of hydrogen-bond acceptors (Lipinski definition) is 10. The van der Waals surface area contributed by atoms with E-state index in [4.69, 9.17) is 9.47 Å². The number of thioether (sulfide) groups is 2. The van der Waals surface area contributed by atoms with Gasteiger partial charge in [-0.15, -0.1) is 16.9 Å². The van der Waals surface area contributed by atoms with Crippen molar-refractivity contribution in [3.63, 3.8) is 0 Å². The SMILES string of the molecule is Cn1nnnc1SC[C@]1(C)S[C@@H]2[C@H](NC(=O)COc3ccccc3)C(=O)N2[C@H]1C(=O)OC(c1ccccc1)c1ccccc1. The summed E-state index contributed by atoms with van der Waals surface area (Å²) in [5.74, 6) is -0.333. The summed E-state index contributed by atoms with van der Waals surface area (Å²) in [6.07, 6.45) is -0.671. The van der Waals surface area contributed by atoms with Crippen LogP contribution in [0.25, 0.3) is 0 Å². The minimum Gasteiger partial charge on any atom is -0.484 e. The zero-order valence-electron chi connectivity index (χ0n) is 24.0. The lowest BCUT2D eigenvalue weighted by Crippen LogP contribution is -2.71. The summed E-state index contributed by atoms with van der Waals surface area (Å²) in [5.41, 5.74) is 1.63. The average molecular weight is 631 g/mol. The Hall–Kier alpha value is -4.36. The molecule has 0 spiro atoms. The Balaban J connectivity index is 1.23. The summed E-state index contributed by atoms with van der Waals surface area (Å²) < 4.78 is 12.6. The predicted octanol–water partition coefficient (Wildman–Crippen LogP) is 3.24. The van der Waals surface area contributed by atoms with Crippen LogP contribution in [0, 0.1) is 0 Å². The number of hydrogen-bond donors (Lipinski definition) is 1. The lowest BCUT2D eigenvalue weighted by atomic mass is 9.95. The van der Waals surface area contributed by atoms with Crippen molar-refractivity contribution in [2.45, 2.75) is 40.4 Å². The molecular weight excluding hydrogens is 601 g/mol. The summed E-state index contributed by atoms with van der Waals surface area (Å²) >= 11 is 2.85. The zero-order chi connectivity index (χ0) is 30.7. The summed E-state index contributed by atoms with van der Waals surface area (Å²) in [5, 5.41) is 14.6. The number of rotatable bonds is 11. The second kappa shape index (κ2) is 12.7. The number of para-hydroxylation sites is 1. The lowest BCUT2D eigenvalue weighted by Gasteiger charge is -2.44. The first-order chi connectivity index (χ1) is 21.3. The van der Waals surface area contributed by atoms with Crippen LogP contribution in [0.3, 0.4) is 0 Å². The van der Waals surface area contributed by atoms with Crippen molar-refractivity contribution < 1.29 is 23.9 Å². The Bertz CT molecular complexity index is 1590. The minimum absolute atomic E-state index is 0.237. The third-order valence-corrected chi connectivity index (χ3v) is 10.7. The third-order valence-electron chi connectivity index (χ3n) is 7.49. The molecular formula is C31H30N6O5S2. The smallest absolute Gasteiger partial charge is 0.331 e. The van der Waals surface area contributed by atoms with Crippen molar-refractivity contribution in [3.05, 3.63) is 102 Å². The normalized spacial score (nSPS) is 22.3. The van der Waals surface area contributed by atoms with Crippen LogP contribution in [0.4, 0.5) is 0 Å². The first-order valence-corrected chi connectivity index (χ1v) is 15.8. The number of β-lactam (4-membered cyclic amide) rings is 1. The molecule has 2 amide bonds. The van der Waals surface area contributed by atoms with Crippen molar-refractivity contribution in [1.29, 1.82) is 0 Å². The Morgan fingerprint density at radius 1 is 1.00 bits per heavy atom. The maximum Gasteiger partial charge on any atom is 0.331 e. The Kier molecular flexibility index (Phi) is 8.58. The van der Waals surface area contributed by atoms with E-state index >= 15 is 0 Å². The summed E-state index contributed by atoms with van der Waals surface area (Å²) in [6, 6.07) is 26.3. The number of nitrogens with zero attached hydrogens (tertiary/aromatic N) is 5. The van der Waals surface area contributed by atoms with E-state index < -0.39 is 40.2 Å². The van der Waals surface area contributed by atoms with E-state index in [9.17, 15) is 14.4 Å². The Morgan fingerprint density at radius 2 is 1.61 bits per heavy atom. The van der Waals surface area contributed by atoms with Gasteiger partial charge in [-0.3, -0.25) is 9.59 Å². The molecule has 3 heterocycles. The molecule has 2 aliphatic heterocycles. The van der Waals surface area contributed by atoms with E-state index in [1.807, 2.05) is 85.8 Å². The molecule has 44 heavy (non-hydrogen) atoms. The molecule has 4 atom stereocenters. The van der Waals surface area contributed by atoms with Crippen LogP contribution in [0.5, 0.6) is 5.75 Å². The first-order valence-electron chi connectivity index (χ1n) is 14.0. The molecule has 11 nitrogen and oxygen atoms in total. The second-order valence-electron chi connectivity index (χ2n) is 10.6. The van der Waals surface area contributed by atoms with E-state index in [2.05, 4.69) is 20.8 Å². The molecule has 2 aliphatic rings. The monoisotopic (exact) mass is 630 g/mol. The second-order valence-corrected chi connectivity index (χ2v) is 13.2. The number of nitrogens with one attached hydrogen (secondary N) is 1. The molecule has 0 saturated carbocycles. The Morgan fingerprint density at radius 3 is 2.20 bits per heavy atom. The highest BCUT2D eigenvalue weighted by Crippen LogP contribution is 2.53. The quantitative estimate of drug-likeness (QED) is 0.150. The van der Waals surface area contributed by atoms with Crippen molar-refractivity contribution in [2.24, 2.45) is 7.05 Å². The van der Waals surface area contributed by atoms with Crippen molar-refractivity contribution in [2.75, 3.05) is 12.4 Å². The molecule has 2 saturated heterocycles. The number of aryl methyl sites for hydroxylation is 1. The highest BCUT2D eigenvalue weighted by molar-refractivity contribution is 8.04. The maximum absolute atomic E-state index is 14.2. The van der Waals surface area contributed by atoms with Gasteiger partial charge in [-0.1, -0.05) is 90.6 Å². The molecule has 0 aliphatic carbocycles. The fourth-order valence-electron chi connectivity index (χ4n) is 5.33. The molecule has 13 heteroatoms. The predicted molar refractivity (Wildman–Crippen MR) is 165 cm³/mol. The molecule has 6 rings (SSSR count). The number of amides is 2. The minimum atomic E-state index is -0.915. The van der Waals surface area contributed by atoms with Gasteiger partial charge in [-0.25, -0.2) is 9.48 Å². The first kappa shape index (κ1) is 29.7. The van der Waals surface area contributed by atoms with Gasteiger partial charge in [0.2, 0.25) is 11.1 Å². The number of ether oxygens (including phenoxy) is 2. The Labute approximate surface area is 262 Å². The van der Waals surface area contributed by atoms with Gasteiger partial charge in [0.1, 0.15) is 23.2 Å². The van der Waals surface area contributed by atoms with Crippen LogP contribution in [-0.2, 0) is 26.2 Å². The fourth-order valence-corrected chi connectivity index (χ4v) is 8.22. The highest BCUT2D eigenvalue weighted by Gasteiger charge is 2.66. The van der Waals surface area contributed by atoms with Gasteiger partial charge in [-0.2, -0.15) is 0 Å². The van der Waals surface area contributed by atoms with Crippen LogP contribution in [0.15, 0.2) is 96.2 Å². The van der Waals surface area contributed by atoms with E-state index in [0.29, 0.717) is 16.7 Å². The van der Waals surface area contributed by atoms with Crippen LogP contribution in [0.2, 0.25) is 0 Å². The molecule has 2 fully saturated rings. The third kappa shape index (κ3) is 6.02. The van der Waals surface area contributed by atoms with E-state index in [-0.39, 0.29) is 12.5 Å². The maximum atomic E-state index is 14.2. The number of aromatic nitrogens is 4. The zero-order valence-corrected chi connectivity index (χ0v) is 25.6. The van der Waals surface area contributed by atoms with E-state index in [1.165, 1.54) is 23.5 Å². The average Bonchev–Trinajstić information content (AvgIpc) is 3.59. The van der Waals surface area contributed by atoms with Crippen LogP contribution in [0.1, 0.15) is 24.2 Å². The van der Waals surface area contributed by atoms with Gasteiger partial charge in [0.25, 0.3) is 5.91 Å². The van der Waals surface area contributed by atoms with Crippen molar-refractivity contribution >= 4 is 41.3 Å². The molecule has 0 unspecified atom stereocenters. The molecule has 226 valence electrons. The number of tetrazole rings is 1. The fraction of sp³-hybridized carbons (Fsp3) is 0.290. The van der Waals surface area contributed by atoms with Gasteiger partial charge in [0.05, 0.1) is 4.75 Å². The molecule has 0 radical (unpaired) electrons. The largest absolute Gasteiger partial charge is 0.484 e. The van der Waals surface area contributed by atoms with Gasteiger partial charge >= 0.3 is 5.97 Å². The van der Waals surface area contributed by atoms with Crippen molar-refractivity contribution in [3.8, 4) is 5.75 Å². The molecule has 3 aromatic carbocycles. The van der Waals surface area contributed by atoms with Gasteiger partial charge in [0, 0.05) is 12.8 Å². The molecule has 1 N–H and O–H groups in total. The van der Waals surface area contributed by atoms with Crippen LogP contribution >= 0.6 is 23.5 Å². The van der Waals surface area contributed by atoms with Gasteiger partial charge < -0.3 is 19.7 Å². The van der Waals surface area contributed by atoms with Crippen LogP contribution in [-0.4, -0.2) is 77.5 Å². The standard InChI is InChI=1S/C31H30N6O5S2/c1-31(19-43-30-33-34-35-36(30)2)26(29(40)42-25(20-12-6-3-7-13-20)21-14-8-4-9-15-21)37-27(39)24(28(37)44-31)32-23(38)18-41-22-16-10-5-11-17-22/h3-17,24-26,28H,18-19H2,1-2H3,(H,32,38)/t24-,26+,28-,31+/m1/s1. The number of carbonyl (C=O) groups excluding carboxylic acids is 3.